The number of rotatable bonds is 4. The average Bonchev–Trinajstić information content (AvgIpc) is 2.50. The molecule has 0 bridgehead atoms. The topological polar surface area (TPSA) is 49.5 Å². The Kier molecular flexibility index (Phi) is 3.71. The molecular formula is C10H22N2O. The standard InChI is InChI=1S/C10H22N2O/c1-3-6-12(2)9-4-5-10(11,7-9)8-13/h9,13H,3-8,11H2,1-2H3. The first-order valence-corrected chi connectivity index (χ1v) is 5.21. The summed E-state index contributed by atoms with van der Waals surface area (Å²) in [5.41, 5.74) is 5.71. The van der Waals surface area contributed by atoms with Crippen molar-refractivity contribution in [2.24, 2.45) is 5.73 Å². The second kappa shape index (κ2) is 4.40. The van der Waals surface area contributed by atoms with Crippen LogP contribution in [0.15, 0.2) is 0 Å². The molecule has 3 heteroatoms. The minimum Gasteiger partial charge on any atom is -0.394 e. The van der Waals surface area contributed by atoms with Crippen molar-refractivity contribution in [1.82, 2.24) is 4.90 Å². The van der Waals surface area contributed by atoms with E-state index in [0.717, 1.165) is 25.8 Å². The monoisotopic (exact) mass is 186 g/mol. The first kappa shape index (κ1) is 11.0. The molecule has 1 saturated carbocycles. The molecule has 0 saturated heterocycles. The quantitative estimate of drug-likeness (QED) is 0.675. The highest BCUT2D eigenvalue weighted by molar-refractivity contribution is 4.96. The minimum atomic E-state index is -0.299. The number of aliphatic hydroxyl groups excluding tert-OH is 1. The Morgan fingerprint density at radius 2 is 2.31 bits per heavy atom. The Labute approximate surface area is 80.9 Å². The molecule has 0 aliphatic heterocycles. The van der Waals surface area contributed by atoms with Crippen molar-refractivity contribution < 1.29 is 5.11 Å². The molecule has 78 valence electrons. The normalized spacial score (nSPS) is 34.4. The van der Waals surface area contributed by atoms with Crippen molar-refractivity contribution in [2.75, 3.05) is 20.2 Å². The molecule has 1 fully saturated rings. The van der Waals surface area contributed by atoms with Crippen LogP contribution < -0.4 is 5.73 Å². The fourth-order valence-corrected chi connectivity index (χ4v) is 2.18. The van der Waals surface area contributed by atoms with E-state index in [4.69, 9.17) is 10.8 Å². The Bertz CT molecular complexity index is 163. The molecule has 0 heterocycles. The summed E-state index contributed by atoms with van der Waals surface area (Å²) in [4.78, 5) is 2.37. The van der Waals surface area contributed by atoms with Gasteiger partial charge in [0.1, 0.15) is 0 Å². The van der Waals surface area contributed by atoms with Gasteiger partial charge in [-0.05, 0) is 39.3 Å². The SMILES string of the molecule is CCCN(C)C1CCC(N)(CO)C1. The van der Waals surface area contributed by atoms with Crippen molar-refractivity contribution in [3.8, 4) is 0 Å². The summed E-state index contributed by atoms with van der Waals surface area (Å²) in [6, 6.07) is 0.581. The maximum absolute atomic E-state index is 9.11. The molecule has 3 nitrogen and oxygen atoms in total. The second-order valence-electron chi connectivity index (χ2n) is 4.40. The maximum Gasteiger partial charge on any atom is 0.0611 e. The summed E-state index contributed by atoms with van der Waals surface area (Å²) in [5.74, 6) is 0. The van der Waals surface area contributed by atoms with Crippen LogP contribution >= 0.6 is 0 Å². The third-order valence-electron chi connectivity index (χ3n) is 3.13. The lowest BCUT2D eigenvalue weighted by atomic mass is 10.0. The van der Waals surface area contributed by atoms with Crippen LogP contribution in [0.3, 0.4) is 0 Å². The molecule has 1 aliphatic rings. The average molecular weight is 186 g/mol. The summed E-state index contributed by atoms with van der Waals surface area (Å²) < 4.78 is 0. The summed E-state index contributed by atoms with van der Waals surface area (Å²) >= 11 is 0. The maximum atomic E-state index is 9.11. The van der Waals surface area contributed by atoms with Crippen molar-refractivity contribution in [1.29, 1.82) is 0 Å². The van der Waals surface area contributed by atoms with Gasteiger partial charge in [0.2, 0.25) is 0 Å². The summed E-state index contributed by atoms with van der Waals surface area (Å²) in [6.07, 6.45) is 4.22. The molecule has 0 aromatic heterocycles. The molecule has 2 unspecified atom stereocenters. The van der Waals surface area contributed by atoms with Gasteiger partial charge in [0.05, 0.1) is 6.61 Å². The molecule has 3 N–H and O–H groups in total. The van der Waals surface area contributed by atoms with Gasteiger partial charge in [-0.25, -0.2) is 0 Å². The molecular weight excluding hydrogens is 164 g/mol. The molecule has 0 amide bonds. The number of hydrogen-bond acceptors (Lipinski definition) is 3. The van der Waals surface area contributed by atoms with E-state index in [1.54, 1.807) is 0 Å². The van der Waals surface area contributed by atoms with Crippen LogP contribution in [0.25, 0.3) is 0 Å². The van der Waals surface area contributed by atoms with E-state index in [1.165, 1.54) is 6.42 Å². The molecule has 1 rings (SSSR count). The molecule has 0 radical (unpaired) electrons. The number of hydrogen-bond donors (Lipinski definition) is 2. The third-order valence-corrected chi connectivity index (χ3v) is 3.13. The van der Waals surface area contributed by atoms with Crippen LogP contribution in [-0.2, 0) is 0 Å². The van der Waals surface area contributed by atoms with Crippen LogP contribution in [0.1, 0.15) is 32.6 Å². The Balaban J connectivity index is 2.40. The highest BCUT2D eigenvalue weighted by Crippen LogP contribution is 2.30. The Morgan fingerprint density at radius 1 is 1.62 bits per heavy atom. The smallest absolute Gasteiger partial charge is 0.0611 e. The lowest BCUT2D eigenvalue weighted by Gasteiger charge is -2.26. The van der Waals surface area contributed by atoms with E-state index in [-0.39, 0.29) is 12.1 Å². The van der Waals surface area contributed by atoms with Gasteiger partial charge in [0.15, 0.2) is 0 Å². The van der Waals surface area contributed by atoms with Gasteiger partial charge < -0.3 is 15.7 Å². The molecule has 13 heavy (non-hydrogen) atoms. The van der Waals surface area contributed by atoms with Crippen LogP contribution in [-0.4, -0.2) is 41.8 Å². The summed E-state index contributed by atoms with van der Waals surface area (Å²) in [7, 11) is 2.15. The zero-order valence-electron chi connectivity index (χ0n) is 8.79. The fourth-order valence-electron chi connectivity index (χ4n) is 2.18. The lowest BCUT2D eigenvalue weighted by molar-refractivity contribution is 0.181. The van der Waals surface area contributed by atoms with Gasteiger partial charge >= 0.3 is 0 Å². The molecule has 0 aromatic carbocycles. The van der Waals surface area contributed by atoms with Crippen LogP contribution in [0.4, 0.5) is 0 Å². The van der Waals surface area contributed by atoms with Gasteiger partial charge in [-0.2, -0.15) is 0 Å². The van der Waals surface area contributed by atoms with E-state index in [9.17, 15) is 0 Å². The number of nitrogens with zero attached hydrogens (tertiary/aromatic N) is 1. The highest BCUT2D eigenvalue weighted by Gasteiger charge is 2.36. The lowest BCUT2D eigenvalue weighted by Crippen LogP contribution is -2.43. The van der Waals surface area contributed by atoms with E-state index in [1.807, 2.05) is 0 Å². The van der Waals surface area contributed by atoms with Gasteiger partial charge in [-0.15, -0.1) is 0 Å². The van der Waals surface area contributed by atoms with Gasteiger partial charge in [-0.1, -0.05) is 6.92 Å². The molecule has 0 spiro atoms. The van der Waals surface area contributed by atoms with Crippen molar-refractivity contribution in [2.45, 2.75) is 44.2 Å². The zero-order valence-corrected chi connectivity index (χ0v) is 8.79. The predicted octanol–water partition coefficient (Wildman–Crippen LogP) is 0.571. The van der Waals surface area contributed by atoms with Gasteiger partial charge in [0.25, 0.3) is 0 Å². The first-order chi connectivity index (χ1) is 6.11. The predicted molar refractivity (Wildman–Crippen MR) is 54.6 cm³/mol. The summed E-state index contributed by atoms with van der Waals surface area (Å²) in [6.45, 7) is 3.45. The van der Waals surface area contributed by atoms with Crippen molar-refractivity contribution >= 4 is 0 Å². The first-order valence-electron chi connectivity index (χ1n) is 5.21. The molecule has 0 aromatic rings. The van der Waals surface area contributed by atoms with E-state index in [2.05, 4.69) is 18.9 Å². The third kappa shape index (κ3) is 2.66. The van der Waals surface area contributed by atoms with Gasteiger partial charge in [-0.3, -0.25) is 0 Å². The largest absolute Gasteiger partial charge is 0.394 e. The van der Waals surface area contributed by atoms with Crippen LogP contribution in [0, 0.1) is 0 Å². The zero-order chi connectivity index (χ0) is 9.90. The molecule has 2 atom stereocenters. The highest BCUT2D eigenvalue weighted by atomic mass is 16.3. The fraction of sp³-hybridized carbons (Fsp3) is 1.00. The van der Waals surface area contributed by atoms with Gasteiger partial charge in [0, 0.05) is 11.6 Å². The van der Waals surface area contributed by atoms with E-state index >= 15 is 0 Å². The van der Waals surface area contributed by atoms with Crippen LogP contribution in [0.5, 0.6) is 0 Å². The second-order valence-corrected chi connectivity index (χ2v) is 4.40. The Hall–Kier alpha value is -0.120. The van der Waals surface area contributed by atoms with Crippen molar-refractivity contribution in [3.05, 3.63) is 0 Å². The summed E-state index contributed by atoms with van der Waals surface area (Å²) in [5, 5.41) is 9.11. The van der Waals surface area contributed by atoms with E-state index < -0.39 is 0 Å². The minimum absolute atomic E-state index is 0.128. The van der Waals surface area contributed by atoms with Crippen molar-refractivity contribution in [3.63, 3.8) is 0 Å². The van der Waals surface area contributed by atoms with E-state index in [0.29, 0.717) is 6.04 Å². The van der Waals surface area contributed by atoms with Crippen LogP contribution in [0.2, 0.25) is 0 Å². The Morgan fingerprint density at radius 3 is 2.77 bits per heavy atom. The number of aliphatic hydroxyl groups is 1. The molecule has 1 aliphatic carbocycles. The number of nitrogens with two attached hydrogens (primary N) is 1.